The molecule has 0 amide bonds. The maximum atomic E-state index is 5.40. The van der Waals surface area contributed by atoms with Crippen LogP contribution in [0.25, 0.3) is 63.4 Å². The van der Waals surface area contributed by atoms with Crippen LogP contribution in [0.4, 0.5) is 52.4 Å². The Morgan fingerprint density at radius 1 is 0.488 bits per heavy atom. The van der Waals surface area contributed by atoms with E-state index in [9.17, 15) is 0 Å². The molecule has 0 aliphatic carbocycles. The Bertz CT molecular complexity index is 4380. The number of hydrogen-bond donors (Lipinski definition) is 9. The molecule has 1 saturated heterocycles. The number of H-pyrrole nitrogens is 3. The lowest BCUT2D eigenvalue weighted by Gasteiger charge is -2.26. The highest BCUT2D eigenvalue weighted by atomic mass is 32.1. The van der Waals surface area contributed by atoms with Gasteiger partial charge in [0.2, 0.25) is 17.8 Å². The van der Waals surface area contributed by atoms with Gasteiger partial charge in [0.1, 0.15) is 5.76 Å². The summed E-state index contributed by atoms with van der Waals surface area (Å²) in [4.78, 5) is 30.4. The summed E-state index contributed by atoms with van der Waals surface area (Å²) in [7, 11) is 0. The summed E-state index contributed by atoms with van der Waals surface area (Å²) in [6, 6.07) is 38.4. The first-order chi connectivity index (χ1) is 40.5. The van der Waals surface area contributed by atoms with Gasteiger partial charge in [0.25, 0.3) is 0 Å². The lowest BCUT2D eigenvalue weighted by Crippen LogP contribution is -2.39. The van der Waals surface area contributed by atoms with Crippen LogP contribution in [0, 0.1) is 0 Å². The average molecular weight is 1140 g/mol. The highest BCUT2D eigenvalue weighted by molar-refractivity contribution is 7.18. The molecular weight excluding hydrogens is 1090 g/mol. The number of fused-ring (bicyclic) bond motifs is 6. The molecule has 1 fully saturated rings. The number of aromatic nitrogens is 12. The first kappa shape index (κ1) is 51.8. The summed E-state index contributed by atoms with van der Waals surface area (Å²) in [6.07, 6.45) is 8.01. The van der Waals surface area contributed by atoms with Gasteiger partial charge in [0, 0.05) is 65.9 Å². The van der Waals surface area contributed by atoms with Crippen molar-refractivity contribution >= 4 is 150 Å². The number of rotatable bonds is 17. The van der Waals surface area contributed by atoms with E-state index in [-0.39, 0.29) is 0 Å². The maximum absolute atomic E-state index is 5.40. The standard InChI is InChI=1S/C21H18N6S.C19H21N7OS.C18H14N6OS/c1-2-4-14(5-3-1)8-10-22-21-25-18-9-11-28-19(18)20(26-21)24-16-6-7-17-15(12-16)13-23-27-17;1-2-15-13(12-21-25-15)11-14(1)22-18-17-16(3-10-28-17)23-19(24-18)20-4-5-26-6-8-27-9-7-26;1-2-13(25-6-1)10-19-18-22-15-5-7-26-16(15)17(23-18)21-12-3-4-14-11(8-12)9-20-24-14/h1-7,9,11-13H,8,10H2,(H,23,27)(H2,22,24,25,26);1-3,10-12H,4-9H2,(H,21,25)(H2,20,22,23,24);1-9H,10H2,(H,20,24)(H2,19,21,22,23). The predicted octanol–water partition coefficient (Wildman–Crippen LogP) is 12.5. The normalized spacial score (nSPS) is 12.6. The van der Waals surface area contributed by atoms with Crippen molar-refractivity contribution in [2.24, 2.45) is 0 Å². The number of ether oxygens (including phenoxy) is 1. The van der Waals surface area contributed by atoms with Crippen molar-refractivity contribution in [3.05, 3.63) is 168 Å². The van der Waals surface area contributed by atoms with Crippen molar-refractivity contribution in [3.8, 4) is 0 Å². The zero-order valence-corrected chi connectivity index (χ0v) is 46.3. The summed E-state index contributed by atoms with van der Waals surface area (Å²) in [5, 5.41) is 50.6. The number of hydrogen-bond acceptors (Lipinski definition) is 21. The number of thiophene rings is 3. The van der Waals surface area contributed by atoms with Crippen molar-refractivity contribution in [3.63, 3.8) is 0 Å². The van der Waals surface area contributed by atoms with Crippen molar-refractivity contribution < 1.29 is 9.15 Å². The number of nitrogens with zero attached hydrogens (tertiary/aromatic N) is 10. The van der Waals surface area contributed by atoms with E-state index in [1.807, 2.05) is 107 Å². The van der Waals surface area contributed by atoms with Gasteiger partial charge in [-0.25, -0.2) is 15.0 Å². The van der Waals surface area contributed by atoms with Gasteiger partial charge >= 0.3 is 0 Å². The molecule has 0 saturated carbocycles. The molecule has 11 heterocycles. The van der Waals surface area contributed by atoms with E-state index in [0.29, 0.717) is 24.4 Å². The Hall–Kier alpha value is -9.59. The second kappa shape index (κ2) is 24.4. The predicted molar refractivity (Wildman–Crippen MR) is 331 cm³/mol. The van der Waals surface area contributed by atoms with Gasteiger partial charge in [-0.2, -0.15) is 30.2 Å². The molecular formula is C58H53N19O2S3. The Balaban J connectivity index is 0.000000116. The van der Waals surface area contributed by atoms with Crippen LogP contribution in [-0.4, -0.2) is 111 Å². The third-order valence-corrected chi connectivity index (χ3v) is 16.1. The van der Waals surface area contributed by atoms with Gasteiger partial charge in [0.05, 0.1) is 91.8 Å². The zero-order chi connectivity index (χ0) is 54.9. The number of anilines is 9. The number of nitrogens with one attached hydrogen (secondary N) is 9. The fourth-order valence-electron chi connectivity index (χ4n) is 9.25. The molecule has 15 rings (SSSR count). The van der Waals surface area contributed by atoms with Gasteiger partial charge in [-0.1, -0.05) is 30.3 Å². The molecule has 0 spiro atoms. The minimum absolute atomic E-state index is 0.531. The molecule has 0 unspecified atom stereocenters. The fraction of sp³-hybridized carbons (Fsp3) is 0.155. The number of aromatic amines is 3. The number of furan rings is 1. The summed E-state index contributed by atoms with van der Waals surface area (Å²) in [6.45, 7) is 6.65. The van der Waals surface area contributed by atoms with Crippen LogP contribution >= 0.6 is 34.0 Å². The van der Waals surface area contributed by atoms with Gasteiger partial charge in [-0.05, 0) is 113 Å². The quantitative estimate of drug-likeness (QED) is 0.0410. The molecule has 82 heavy (non-hydrogen) atoms. The Morgan fingerprint density at radius 3 is 1.44 bits per heavy atom. The molecule has 1 aliphatic rings. The average Bonchev–Trinajstić information content (AvgIpc) is 4.41. The smallest absolute Gasteiger partial charge is 0.225 e. The van der Waals surface area contributed by atoms with Crippen molar-refractivity contribution in [2.45, 2.75) is 13.0 Å². The van der Waals surface area contributed by atoms with Crippen molar-refractivity contribution in [1.82, 2.24) is 65.4 Å². The summed E-state index contributed by atoms with van der Waals surface area (Å²) in [5.41, 5.74) is 9.99. The molecule has 9 N–H and O–H groups in total. The summed E-state index contributed by atoms with van der Waals surface area (Å²) < 4.78 is 13.8. The minimum Gasteiger partial charge on any atom is -0.467 e. The molecule has 1 aliphatic heterocycles. The van der Waals surface area contributed by atoms with Crippen LogP contribution in [0.3, 0.4) is 0 Å². The topological polar surface area (TPSA) is 261 Å². The van der Waals surface area contributed by atoms with Crippen molar-refractivity contribution in [2.75, 3.05) is 77.8 Å². The zero-order valence-electron chi connectivity index (χ0n) is 43.9. The van der Waals surface area contributed by atoms with Crippen LogP contribution in [0.1, 0.15) is 11.3 Å². The molecule has 10 aromatic heterocycles. The van der Waals surface area contributed by atoms with E-state index in [1.165, 1.54) is 5.56 Å². The second-order valence-corrected chi connectivity index (χ2v) is 21.7. The monoisotopic (exact) mass is 1140 g/mol. The molecule has 0 radical (unpaired) electrons. The van der Waals surface area contributed by atoms with Crippen LogP contribution in [-0.2, 0) is 17.7 Å². The highest BCUT2D eigenvalue weighted by Gasteiger charge is 2.15. The van der Waals surface area contributed by atoms with E-state index < -0.39 is 0 Å². The van der Waals surface area contributed by atoms with E-state index in [2.05, 4.69) is 124 Å². The molecule has 0 atom stereocenters. The molecule has 410 valence electrons. The number of morpholine rings is 1. The first-order valence-electron chi connectivity index (χ1n) is 26.5. The molecule has 0 bridgehead atoms. The molecule has 21 nitrogen and oxygen atoms in total. The van der Waals surface area contributed by atoms with E-state index >= 15 is 0 Å². The number of benzene rings is 4. The minimum atomic E-state index is 0.531. The van der Waals surface area contributed by atoms with E-state index in [1.54, 1.807) is 46.5 Å². The third-order valence-electron chi connectivity index (χ3n) is 13.4. The SMILES string of the molecule is c1cc2nc(NCCN3CCOCC3)nc(Nc3ccc4[nH]ncc4c3)c2s1.c1ccc(CCNc2nc(Nc3ccc4[nH]ncc4c3)c3sccc3n2)cc1.c1coc(CNc2nc(Nc3ccc4[nH]ncc4c3)c3sccc3n2)c1. The van der Waals surface area contributed by atoms with E-state index in [4.69, 9.17) is 19.1 Å². The van der Waals surface area contributed by atoms with Crippen LogP contribution in [0.5, 0.6) is 0 Å². The third kappa shape index (κ3) is 12.4. The summed E-state index contributed by atoms with van der Waals surface area (Å²) in [5.74, 6) is 5.06. The lowest BCUT2D eigenvalue weighted by atomic mass is 10.1. The fourth-order valence-corrected chi connectivity index (χ4v) is 11.6. The van der Waals surface area contributed by atoms with Crippen LogP contribution in [0.15, 0.2) is 161 Å². The highest BCUT2D eigenvalue weighted by Crippen LogP contribution is 2.34. The molecule has 14 aromatic rings. The molecule has 24 heteroatoms. The Labute approximate surface area is 480 Å². The maximum Gasteiger partial charge on any atom is 0.225 e. The van der Waals surface area contributed by atoms with Gasteiger partial charge < -0.3 is 41.1 Å². The Kier molecular flexibility index (Phi) is 15.4. The first-order valence-corrected chi connectivity index (χ1v) is 29.1. The van der Waals surface area contributed by atoms with Crippen LogP contribution in [0.2, 0.25) is 0 Å². The van der Waals surface area contributed by atoms with Gasteiger partial charge in [-0.15, -0.1) is 34.0 Å². The van der Waals surface area contributed by atoms with Gasteiger partial charge in [-0.3, -0.25) is 20.2 Å². The summed E-state index contributed by atoms with van der Waals surface area (Å²) >= 11 is 4.88. The lowest BCUT2D eigenvalue weighted by molar-refractivity contribution is 0.0398. The van der Waals surface area contributed by atoms with Crippen molar-refractivity contribution in [1.29, 1.82) is 0 Å². The van der Waals surface area contributed by atoms with Gasteiger partial charge in [0.15, 0.2) is 17.5 Å². The van der Waals surface area contributed by atoms with Crippen LogP contribution < -0.4 is 31.9 Å². The largest absolute Gasteiger partial charge is 0.467 e. The second-order valence-electron chi connectivity index (χ2n) is 19.0. The molecule has 4 aromatic carbocycles. The Morgan fingerprint density at radius 2 is 0.963 bits per heavy atom. The van der Waals surface area contributed by atoms with E-state index in [0.717, 1.165) is 156 Å².